The molecule has 202 valence electrons. The molecule has 0 aliphatic heterocycles. The van der Waals surface area contributed by atoms with Crippen molar-refractivity contribution in [2.75, 3.05) is 0 Å². The van der Waals surface area contributed by atoms with E-state index in [1.807, 2.05) is 47.9 Å². The molecule has 5 rings (SSSR count). The van der Waals surface area contributed by atoms with Crippen LogP contribution in [0.2, 0.25) is 5.02 Å². The molecular weight excluding hydrogens is 544 g/mol. The van der Waals surface area contributed by atoms with Gasteiger partial charge in [-0.1, -0.05) is 84.4 Å². The van der Waals surface area contributed by atoms with Gasteiger partial charge in [-0.3, -0.25) is 4.79 Å². The number of aromatic nitrogens is 3. The third-order valence-electron chi connectivity index (χ3n) is 6.48. The quantitative estimate of drug-likeness (QED) is 0.236. The highest BCUT2D eigenvalue weighted by Gasteiger charge is 2.18. The van der Waals surface area contributed by atoms with Crippen LogP contribution in [0.1, 0.15) is 38.6 Å². The van der Waals surface area contributed by atoms with Crippen LogP contribution >= 0.6 is 11.6 Å². The molecule has 1 N–H and O–H groups in total. The van der Waals surface area contributed by atoms with E-state index in [0.717, 1.165) is 29.4 Å². The number of carbonyl (C=O) groups is 1. The lowest BCUT2D eigenvalue weighted by molar-refractivity contribution is 0.0977. The van der Waals surface area contributed by atoms with E-state index < -0.39 is 15.9 Å². The molecule has 0 spiro atoms. The molecular formula is C31H27ClN4O3S. The number of amides is 1. The van der Waals surface area contributed by atoms with Gasteiger partial charge >= 0.3 is 0 Å². The Morgan fingerprint density at radius 1 is 0.900 bits per heavy atom. The van der Waals surface area contributed by atoms with E-state index in [1.54, 1.807) is 30.3 Å². The van der Waals surface area contributed by atoms with Gasteiger partial charge in [0.2, 0.25) is 0 Å². The number of benzene rings is 3. The van der Waals surface area contributed by atoms with Crippen LogP contribution in [-0.2, 0) is 29.4 Å². The SMILES string of the molecule is Cc1nc2ccc(C(=O)NS(=O)(=O)C=Cc3ccccc3)nc2n1Cc1ccc(CCc2ccccc2)cc1Cl. The first-order valence-electron chi connectivity index (χ1n) is 12.7. The van der Waals surface area contributed by atoms with Gasteiger partial charge in [0.15, 0.2) is 5.65 Å². The topological polar surface area (TPSA) is 93.9 Å². The molecule has 0 bridgehead atoms. The Morgan fingerprint density at radius 2 is 1.60 bits per heavy atom. The molecule has 0 saturated carbocycles. The molecule has 0 aliphatic carbocycles. The van der Waals surface area contributed by atoms with Crippen molar-refractivity contribution >= 4 is 44.8 Å². The number of carbonyl (C=O) groups excluding carboxylic acids is 1. The highest BCUT2D eigenvalue weighted by molar-refractivity contribution is 7.93. The van der Waals surface area contributed by atoms with Gasteiger partial charge in [0.05, 0.1) is 12.0 Å². The van der Waals surface area contributed by atoms with Crippen molar-refractivity contribution in [1.82, 2.24) is 19.3 Å². The number of pyridine rings is 1. The van der Waals surface area contributed by atoms with Gasteiger partial charge in [0, 0.05) is 5.02 Å². The monoisotopic (exact) mass is 570 g/mol. The van der Waals surface area contributed by atoms with Gasteiger partial charge in [0.25, 0.3) is 15.9 Å². The summed E-state index contributed by atoms with van der Waals surface area (Å²) in [7, 11) is -4.03. The summed E-state index contributed by atoms with van der Waals surface area (Å²) in [5.41, 5.74) is 5.02. The molecule has 40 heavy (non-hydrogen) atoms. The van der Waals surface area contributed by atoms with E-state index in [1.165, 1.54) is 17.7 Å². The van der Waals surface area contributed by atoms with Crippen LogP contribution in [0.15, 0.2) is 96.4 Å². The molecule has 5 aromatic rings. The van der Waals surface area contributed by atoms with Crippen molar-refractivity contribution in [3.05, 3.63) is 135 Å². The summed E-state index contributed by atoms with van der Waals surface area (Å²) in [4.78, 5) is 21.8. The Hall–Kier alpha value is -4.27. The van der Waals surface area contributed by atoms with Crippen molar-refractivity contribution in [2.24, 2.45) is 0 Å². The molecule has 9 heteroatoms. The lowest BCUT2D eigenvalue weighted by atomic mass is 10.0. The fourth-order valence-corrected chi connectivity index (χ4v) is 5.39. The van der Waals surface area contributed by atoms with Crippen molar-refractivity contribution in [3.8, 4) is 0 Å². The zero-order valence-corrected chi connectivity index (χ0v) is 23.4. The molecule has 7 nitrogen and oxygen atoms in total. The molecule has 1 amide bonds. The van der Waals surface area contributed by atoms with E-state index in [9.17, 15) is 13.2 Å². The third kappa shape index (κ3) is 6.65. The lowest BCUT2D eigenvalue weighted by Crippen LogP contribution is -2.29. The van der Waals surface area contributed by atoms with Gasteiger partial charge in [-0.2, -0.15) is 0 Å². The van der Waals surface area contributed by atoms with E-state index in [-0.39, 0.29) is 5.69 Å². The summed E-state index contributed by atoms with van der Waals surface area (Å²) in [6.07, 6.45) is 3.22. The Labute approximate surface area is 238 Å². The van der Waals surface area contributed by atoms with E-state index in [4.69, 9.17) is 11.6 Å². The summed E-state index contributed by atoms with van der Waals surface area (Å²) < 4.78 is 28.9. The Balaban J connectivity index is 1.32. The van der Waals surface area contributed by atoms with Crippen molar-refractivity contribution in [1.29, 1.82) is 0 Å². The largest absolute Gasteiger partial charge is 0.308 e. The van der Waals surface area contributed by atoms with E-state index >= 15 is 0 Å². The third-order valence-corrected chi connectivity index (χ3v) is 7.80. The number of rotatable bonds is 9. The number of nitrogens with one attached hydrogen (secondary N) is 1. The fraction of sp³-hybridized carbons (Fsp3) is 0.129. The molecule has 0 fully saturated rings. The van der Waals surface area contributed by atoms with E-state index in [2.05, 4.69) is 32.9 Å². The van der Waals surface area contributed by atoms with Crippen LogP contribution in [0.5, 0.6) is 0 Å². The van der Waals surface area contributed by atoms with Crippen LogP contribution in [0.3, 0.4) is 0 Å². The number of sulfonamides is 1. The molecule has 2 heterocycles. The minimum atomic E-state index is -4.03. The molecule has 0 radical (unpaired) electrons. The predicted octanol–water partition coefficient (Wildman–Crippen LogP) is 5.96. The summed E-state index contributed by atoms with van der Waals surface area (Å²) >= 11 is 6.67. The normalized spacial score (nSPS) is 11.8. The first kappa shape index (κ1) is 27.3. The standard InChI is InChI=1S/C31H27ClN4O3S/c1-22-33-28-16-17-29(31(37)35-40(38,39)19-18-24-10-6-3-7-11-24)34-30(28)36(22)21-26-15-14-25(20-27(26)32)13-12-23-8-4-2-5-9-23/h2-11,14-20H,12-13,21H2,1H3,(H,35,37). The predicted molar refractivity (Wildman–Crippen MR) is 159 cm³/mol. The Morgan fingerprint density at radius 3 is 2.33 bits per heavy atom. The van der Waals surface area contributed by atoms with Gasteiger partial charge < -0.3 is 4.57 Å². The average Bonchev–Trinajstić information content (AvgIpc) is 3.27. The summed E-state index contributed by atoms with van der Waals surface area (Å²) in [6.45, 7) is 2.25. The Kier molecular flexibility index (Phi) is 8.09. The number of halogens is 1. The maximum Gasteiger partial charge on any atom is 0.283 e. The van der Waals surface area contributed by atoms with Gasteiger partial charge in [-0.05, 0) is 66.3 Å². The van der Waals surface area contributed by atoms with Crippen molar-refractivity contribution < 1.29 is 13.2 Å². The van der Waals surface area contributed by atoms with Crippen LogP contribution in [-0.4, -0.2) is 28.9 Å². The molecule has 3 aromatic carbocycles. The zero-order chi connectivity index (χ0) is 28.1. The number of aryl methyl sites for hydroxylation is 3. The van der Waals surface area contributed by atoms with Gasteiger partial charge in [-0.25, -0.2) is 23.1 Å². The number of hydrogen-bond acceptors (Lipinski definition) is 5. The first-order valence-corrected chi connectivity index (χ1v) is 14.7. The molecule has 0 unspecified atom stereocenters. The highest BCUT2D eigenvalue weighted by Crippen LogP contribution is 2.23. The second-order valence-electron chi connectivity index (χ2n) is 9.39. The average molecular weight is 571 g/mol. The summed E-state index contributed by atoms with van der Waals surface area (Å²) in [5, 5.41) is 1.59. The molecule has 0 atom stereocenters. The van der Waals surface area contributed by atoms with Gasteiger partial charge in [0.1, 0.15) is 17.0 Å². The number of hydrogen-bond donors (Lipinski definition) is 1. The first-order chi connectivity index (χ1) is 19.3. The minimum Gasteiger partial charge on any atom is -0.308 e. The number of imidazole rings is 1. The van der Waals surface area contributed by atoms with Crippen LogP contribution in [0, 0.1) is 6.92 Å². The fourth-order valence-electron chi connectivity index (χ4n) is 4.36. The maximum atomic E-state index is 12.8. The number of nitrogens with zero attached hydrogens (tertiary/aromatic N) is 3. The molecule has 2 aromatic heterocycles. The lowest BCUT2D eigenvalue weighted by Gasteiger charge is -2.11. The van der Waals surface area contributed by atoms with Crippen LogP contribution in [0.25, 0.3) is 17.2 Å². The second kappa shape index (κ2) is 11.9. The van der Waals surface area contributed by atoms with Gasteiger partial charge in [-0.15, -0.1) is 0 Å². The van der Waals surface area contributed by atoms with Crippen molar-refractivity contribution in [3.63, 3.8) is 0 Å². The number of fused-ring (bicyclic) bond motifs is 1. The molecule has 0 aliphatic rings. The van der Waals surface area contributed by atoms with Crippen LogP contribution < -0.4 is 4.72 Å². The molecule has 0 saturated heterocycles. The maximum absolute atomic E-state index is 12.8. The van der Waals surface area contributed by atoms with E-state index in [0.29, 0.717) is 34.1 Å². The minimum absolute atomic E-state index is 0.0345. The smallest absolute Gasteiger partial charge is 0.283 e. The van der Waals surface area contributed by atoms with Crippen LogP contribution in [0.4, 0.5) is 0 Å². The van der Waals surface area contributed by atoms with Crippen molar-refractivity contribution in [2.45, 2.75) is 26.3 Å². The Bertz CT molecular complexity index is 1800. The highest BCUT2D eigenvalue weighted by atomic mass is 35.5. The second-order valence-corrected chi connectivity index (χ2v) is 11.4. The summed E-state index contributed by atoms with van der Waals surface area (Å²) in [6, 6.07) is 28.4. The summed E-state index contributed by atoms with van der Waals surface area (Å²) in [5.74, 6) is -0.131. The zero-order valence-electron chi connectivity index (χ0n) is 21.8.